The van der Waals surface area contributed by atoms with Crippen molar-refractivity contribution in [1.29, 1.82) is 0 Å². The Labute approximate surface area is 223 Å². The fourth-order valence-corrected chi connectivity index (χ4v) is 5.83. The van der Waals surface area contributed by atoms with Gasteiger partial charge in [-0.2, -0.15) is 0 Å². The molecule has 0 amide bonds. The van der Waals surface area contributed by atoms with Crippen LogP contribution in [0.25, 0.3) is 10.9 Å². The fraction of sp³-hybridized carbons (Fsp3) is 0.467. The minimum Gasteiger partial charge on any atom is -0.497 e. The molecule has 7 heteroatoms. The molecular formula is C30H36ClFN2O3. The van der Waals surface area contributed by atoms with E-state index < -0.39 is 12.1 Å². The number of piperidine rings is 1. The summed E-state index contributed by atoms with van der Waals surface area (Å²) in [5.41, 5.74) is 2.61. The summed E-state index contributed by atoms with van der Waals surface area (Å²) in [6.45, 7) is 2.66. The molecule has 0 aliphatic carbocycles. The molecule has 198 valence electrons. The minimum absolute atomic E-state index is 0.0423. The predicted octanol–water partition coefficient (Wildman–Crippen LogP) is 7.12. The second-order valence-corrected chi connectivity index (χ2v) is 10.6. The van der Waals surface area contributed by atoms with E-state index in [0.29, 0.717) is 24.2 Å². The first-order valence-electron chi connectivity index (χ1n) is 13.2. The number of likely N-dealkylation sites (tertiary alicyclic amines) is 1. The van der Waals surface area contributed by atoms with Gasteiger partial charge in [0.05, 0.1) is 12.6 Å². The van der Waals surface area contributed by atoms with E-state index in [2.05, 4.69) is 16.0 Å². The van der Waals surface area contributed by atoms with Crippen molar-refractivity contribution >= 4 is 28.5 Å². The normalized spacial score (nSPS) is 19.1. The summed E-state index contributed by atoms with van der Waals surface area (Å²) in [6, 6.07) is 15.2. The van der Waals surface area contributed by atoms with Crippen molar-refractivity contribution in [2.24, 2.45) is 11.8 Å². The molecule has 0 bridgehead atoms. The summed E-state index contributed by atoms with van der Waals surface area (Å²) in [5.74, 6) is 0.151. The van der Waals surface area contributed by atoms with Gasteiger partial charge in [0, 0.05) is 29.6 Å². The Morgan fingerprint density at radius 2 is 2.08 bits per heavy atom. The largest absolute Gasteiger partial charge is 0.497 e. The van der Waals surface area contributed by atoms with Gasteiger partial charge in [0.15, 0.2) is 0 Å². The number of rotatable bonds is 12. The van der Waals surface area contributed by atoms with Gasteiger partial charge in [-0.3, -0.25) is 9.78 Å². The van der Waals surface area contributed by atoms with Crippen LogP contribution in [0, 0.1) is 11.8 Å². The van der Waals surface area contributed by atoms with Crippen LogP contribution in [-0.2, 0) is 11.2 Å². The van der Waals surface area contributed by atoms with Crippen LogP contribution >= 0.6 is 11.6 Å². The van der Waals surface area contributed by atoms with E-state index in [4.69, 9.17) is 16.3 Å². The van der Waals surface area contributed by atoms with Gasteiger partial charge in [0.2, 0.25) is 0 Å². The molecule has 0 saturated carbocycles. The molecule has 3 atom stereocenters. The third-order valence-electron chi connectivity index (χ3n) is 7.60. The maximum atomic E-state index is 15.5. The van der Waals surface area contributed by atoms with Crippen LogP contribution in [0.4, 0.5) is 4.39 Å². The number of ether oxygens (including phenoxy) is 1. The molecule has 1 fully saturated rings. The lowest BCUT2D eigenvalue weighted by Gasteiger charge is -2.38. The second-order valence-electron chi connectivity index (χ2n) is 10.1. The molecule has 1 aliphatic rings. The van der Waals surface area contributed by atoms with Gasteiger partial charge in [-0.25, -0.2) is 4.39 Å². The van der Waals surface area contributed by atoms with E-state index >= 15 is 4.39 Å². The smallest absolute Gasteiger partial charge is 0.303 e. The van der Waals surface area contributed by atoms with Crippen molar-refractivity contribution in [3.05, 3.63) is 70.9 Å². The second kappa shape index (κ2) is 13.2. The molecule has 37 heavy (non-hydrogen) atoms. The number of nitrogens with zero attached hydrogens (tertiary/aromatic N) is 2. The average Bonchev–Trinajstić information content (AvgIpc) is 2.89. The zero-order valence-electron chi connectivity index (χ0n) is 21.4. The van der Waals surface area contributed by atoms with E-state index in [-0.39, 0.29) is 18.3 Å². The summed E-state index contributed by atoms with van der Waals surface area (Å²) in [5, 5.41) is 11.1. The molecular weight excluding hydrogens is 491 g/mol. The number of pyridine rings is 1. The summed E-state index contributed by atoms with van der Waals surface area (Å²) in [7, 11) is 1.60. The number of alkyl halides is 1. The third-order valence-corrected chi connectivity index (χ3v) is 7.84. The van der Waals surface area contributed by atoms with E-state index in [9.17, 15) is 9.90 Å². The van der Waals surface area contributed by atoms with E-state index in [1.165, 1.54) is 5.56 Å². The van der Waals surface area contributed by atoms with E-state index in [0.717, 1.165) is 61.2 Å². The van der Waals surface area contributed by atoms with Crippen molar-refractivity contribution in [3.63, 3.8) is 0 Å². The van der Waals surface area contributed by atoms with Crippen LogP contribution in [-0.4, -0.2) is 47.7 Å². The molecule has 1 N–H and O–H groups in total. The lowest BCUT2D eigenvalue weighted by molar-refractivity contribution is -0.139. The van der Waals surface area contributed by atoms with Crippen molar-refractivity contribution in [2.45, 2.75) is 51.1 Å². The molecule has 3 aromatic rings. The number of carboxylic acid groups (broad SMARTS) is 1. The molecule has 4 rings (SSSR count). The topological polar surface area (TPSA) is 62.7 Å². The molecule has 1 unspecified atom stereocenters. The number of carboxylic acids is 1. The highest BCUT2D eigenvalue weighted by Crippen LogP contribution is 2.36. The first-order chi connectivity index (χ1) is 17.9. The third kappa shape index (κ3) is 7.65. The van der Waals surface area contributed by atoms with Gasteiger partial charge in [0.25, 0.3) is 0 Å². The average molecular weight is 527 g/mol. The van der Waals surface area contributed by atoms with E-state index in [1.54, 1.807) is 19.4 Å². The van der Waals surface area contributed by atoms with Gasteiger partial charge in [-0.05, 0) is 111 Å². The highest BCUT2D eigenvalue weighted by Gasteiger charge is 2.31. The van der Waals surface area contributed by atoms with Crippen LogP contribution in [0.5, 0.6) is 5.75 Å². The predicted molar refractivity (Wildman–Crippen MR) is 146 cm³/mol. The number of benzene rings is 2. The monoisotopic (exact) mass is 526 g/mol. The van der Waals surface area contributed by atoms with Gasteiger partial charge >= 0.3 is 5.97 Å². The molecule has 5 nitrogen and oxygen atoms in total. The van der Waals surface area contributed by atoms with Crippen molar-refractivity contribution < 1.29 is 19.0 Å². The molecule has 1 aliphatic heterocycles. The maximum Gasteiger partial charge on any atom is 0.303 e. The molecule has 0 spiro atoms. The van der Waals surface area contributed by atoms with Crippen LogP contribution in [0.1, 0.15) is 55.8 Å². The Balaban J connectivity index is 1.31. The molecule has 1 aromatic heterocycles. The quantitative estimate of drug-likeness (QED) is 0.254. The van der Waals surface area contributed by atoms with Crippen molar-refractivity contribution in [3.8, 4) is 5.75 Å². The first kappa shape index (κ1) is 27.3. The fourth-order valence-electron chi connectivity index (χ4n) is 5.61. The highest BCUT2D eigenvalue weighted by molar-refractivity contribution is 6.30. The number of methoxy groups -OCH3 is 1. The Morgan fingerprint density at radius 3 is 2.86 bits per heavy atom. The van der Waals surface area contributed by atoms with Crippen LogP contribution in [0.15, 0.2) is 54.7 Å². The van der Waals surface area contributed by atoms with Crippen LogP contribution < -0.4 is 4.74 Å². The Kier molecular flexibility index (Phi) is 9.75. The van der Waals surface area contributed by atoms with Gasteiger partial charge in [0.1, 0.15) is 11.9 Å². The summed E-state index contributed by atoms with van der Waals surface area (Å²) in [4.78, 5) is 18.4. The SMILES string of the molecule is COc1ccc2nccc(C(F)CC[C@@H]3CCN(CCCCc4cccc(Cl)c4)C[C@@H]3CC(=O)O)c2c1. The molecule has 2 heterocycles. The van der Waals surface area contributed by atoms with Gasteiger partial charge in [-0.15, -0.1) is 0 Å². The number of unbranched alkanes of at least 4 members (excludes halogenated alkanes) is 1. The summed E-state index contributed by atoms with van der Waals surface area (Å²) >= 11 is 6.08. The lowest BCUT2D eigenvalue weighted by Crippen LogP contribution is -2.41. The highest BCUT2D eigenvalue weighted by atomic mass is 35.5. The van der Waals surface area contributed by atoms with Crippen LogP contribution in [0.3, 0.4) is 0 Å². The van der Waals surface area contributed by atoms with Crippen molar-refractivity contribution in [2.75, 3.05) is 26.7 Å². The summed E-state index contributed by atoms with van der Waals surface area (Å²) in [6.07, 6.45) is 5.72. The molecule has 2 aromatic carbocycles. The molecule has 0 radical (unpaired) electrons. The maximum absolute atomic E-state index is 15.5. The lowest BCUT2D eigenvalue weighted by atomic mass is 9.79. The Hall–Kier alpha value is -2.70. The minimum atomic E-state index is -1.13. The number of halogens is 2. The first-order valence-corrected chi connectivity index (χ1v) is 13.6. The Bertz CT molecular complexity index is 1190. The van der Waals surface area contributed by atoms with Gasteiger partial charge in [-0.1, -0.05) is 23.7 Å². The van der Waals surface area contributed by atoms with E-state index in [1.807, 2.05) is 36.4 Å². The zero-order valence-corrected chi connectivity index (χ0v) is 22.2. The number of aromatic nitrogens is 1. The number of hydrogen-bond donors (Lipinski definition) is 1. The zero-order chi connectivity index (χ0) is 26.2. The Morgan fingerprint density at radius 1 is 1.22 bits per heavy atom. The standard InChI is InChI=1S/C30H36ClFN2O3/c1-37-25-9-11-29-27(19-25)26(12-14-33-29)28(32)10-8-22-13-16-34(20-23(22)18-30(35)36)15-3-2-5-21-6-4-7-24(31)17-21/h4,6-7,9,11-12,14,17,19,22-23,28H,2-3,5,8,10,13,15-16,18,20H2,1H3,(H,35,36)/t22-,23+,28?/m1/s1. The van der Waals surface area contributed by atoms with Crippen molar-refractivity contribution in [1.82, 2.24) is 9.88 Å². The van der Waals surface area contributed by atoms with Gasteiger partial charge < -0.3 is 14.7 Å². The number of carbonyl (C=O) groups is 1. The number of aliphatic carboxylic acids is 1. The molecule has 1 saturated heterocycles. The number of hydrogen-bond acceptors (Lipinski definition) is 4. The number of fused-ring (bicyclic) bond motifs is 1. The number of aryl methyl sites for hydroxylation is 1. The summed E-state index contributed by atoms with van der Waals surface area (Å²) < 4.78 is 20.8. The van der Waals surface area contributed by atoms with Crippen LogP contribution in [0.2, 0.25) is 5.02 Å².